The molecule has 0 aliphatic heterocycles. The zero-order chi connectivity index (χ0) is 14.5. The zero-order valence-electron chi connectivity index (χ0n) is 11.1. The Hall–Kier alpha value is -2.60. The van der Waals surface area contributed by atoms with Gasteiger partial charge in [0, 0.05) is 17.6 Å². The predicted octanol–water partition coefficient (Wildman–Crippen LogP) is 3.30. The Balaban J connectivity index is 1.59. The minimum atomic E-state index is -0.170. The van der Waals surface area contributed by atoms with Gasteiger partial charge in [-0.2, -0.15) is 5.10 Å². The Labute approximate surface area is 125 Å². The smallest absolute Gasteiger partial charge is 0.265 e. The number of anilines is 1. The highest BCUT2D eigenvalue weighted by Gasteiger charge is 2.10. The van der Waals surface area contributed by atoms with E-state index >= 15 is 0 Å². The number of amides is 1. The molecule has 2 heterocycles. The van der Waals surface area contributed by atoms with Gasteiger partial charge in [0.05, 0.1) is 16.8 Å². The number of thiophene rings is 1. The lowest BCUT2D eigenvalue weighted by Gasteiger charge is -2.03. The third-order valence-electron chi connectivity index (χ3n) is 2.80. The van der Waals surface area contributed by atoms with Crippen LogP contribution in [0.5, 0.6) is 5.75 Å². The Morgan fingerprint density at radius 2 is 2.19 bits per heavy atom. The maximum absolute atomic E-state index is 12.0. The van der Waals surface area contributed by atoms with E-state index in [-0.39, 0.29) is 5.91 Å². The van der Waals surface area contributed by atoms with Crippen molar-refractivity contribution in [3.05, 3.63) is 64.6 Å². The van der Waals surface area contributed by atoms with Gasteiger partial charge < -0.3 is 10.1 Å². The highest BCUT2D eigenvalue weighted by Crippen LogP contribution is 2.23. The number of rotatable bonds is 5. The fourth-order valence-electron chi connectivity index (χ4n) is 1.77. The average Bonchev–Trinajstić information content (AvgIpc) is 3.17. The van der Waals surface area contributed by atoms with Gasteiger partial charge in [-0.05, 0) is 5.56 Å². The van der Waals surface area contributed by atoms with Crippen molar-refractivity contribution in [1.29, 1.82) is 0 Å². The van der Waals surface area contributed by atoms with Crippen molar-refractivity contribution in [2.24, 2.45) is 0 Å². The summed E-state index contributed by atoms with van der Waals surface area (Å²) in [6, 6.07) is 11.6. The van der Waals surface area contributed by atoms with Crippen LogP contribution in [0.2, 0.25) is 0 Å². The first-order valence-electron chi connectivity index (χ1n) is 6.36. The molecule has 0 aliphatic rings. The molecule has 1 amide bonds. The van der Waals surface area contributed by atoms with Gasteiger partial charge in [-0.1, -0.05) is 30.3 Å². The molecule has 0 unspecified atom stereocenters. The second kappa shape index (κ2) is 6.23. The molecule has 3 aromatic rings. The Kier molecular flexibility index (Phi) is 3.97. The molecule has 0 spiro atoms. The summed E-state index contributed by atoms with van der Waals surface area (Å²) in [7, 11) is 0. The van der Waals surface area contributed by atoms with Crippen molar-refractivity contribution < 1.29 is 9.53 Å². The van der Waals surface area contributed by atoms with Crippen LogP contribution >= 0.6 is 11.3 Å². The average molecular weight is 299 g/mol. The van der Waals surface area contributed by atoms with Crippen molar-refractivity contribution in [1.82, 2.24) is 10.2 Å². The lowest BCUT2D eigenvalue weighted by molar-refractivity contribution is 0.103. The summed E-state index contributed by atoms with van der Waals surface area (Å²) in [6.45, 7) is 0.486. The van der Waals surface area contributed by atoms with Crippen LogP contribution in [-0.2, 0) is 6.61 Å². The van der Waals surface area contributed by atoms with Crippen LogP contribution in [-0.4, -0.2) is 16.1 Å². The summed E-state index contributed by atoms with van der Waals surface area (Å²) in [5.74, 6) is 0.525. The molecule has 5 nitrogen and oxygen atoms in total. The summed E-state index contributed by atoms with van der Waals surface area (Å²) < 4.78 is 5.67. The molecule has 0 aliphatic carbocycles. The number of hydrogen-bond donors (Lipinski definition) is 2. The van der Waals surface area contributed by atoms with Gasteiger partial charge in [0.25, 0.3) is 5.91 Å². The third kappa shape index (κ3) is 3.49. The predicted molar refractivity (Wildman–Crippen MR) is 81.6 cm³/mol. The van der Waals surface area contributed by atoms with Crippen molar-refractivity contribution in [2.75, 3.05) is 5.32 Å². The molecule has 0 fully saturated rings. The molecule has 0 radical (unpaired) electrons. The van der Waals surface area contributed by atoms with E-state index in [2.05, 4.69) is 15.5 Å². The molecular weight excluding hydrogens is 286 g/mol. The summed E-state index contributed by atoms with van der Waals surface area (Å²) >= 11 is 1.35. The van der Waals surface area contributed by atoms with E-state index in [9.17, 15) is 4.79 Å². The number of benzene rings is 1. The normalized spacial score (nSPS) is 10.3. The monoisotopic (exact) mass is 299 g/mol. The molecular formula is C15H13N3O2S. The molecule has 1 aromatic carbocycles. The van der Waals surface area contributed by atoms with E-state index in [1.54, 1.807) is 18.5 Å². The second-order valence-corrected chi connectivity index (χ2v) is 5.27. The molecule has 0 atom stereocenters. The van der Waals surface area contributed by atoms with Crippen LogP contribution in [0, 0.1) is 0 Å². The number of nitrogens with zero attached hydrogens (tertiary/aromatic N) is 1. The molecule has 2 N–H and O–H groups in total. The summed E-state index contributed by atoms with van der Waals surface area (Å²) in [4.78, 5) is 12.6. The van der Waals surface area contributed by atoms with E-state index in [1.165, 1.54) is 11.3 Å². The van der Waals surface area contributed by atoms with E-state index in [1.807, 2.05) is 35.7 Å². The highest BCUT2D eigenvalue weighted by atomic mass is 32.1. The maximum Gasteiger partial charge on any atom is 0.265 e. The highest BCUT2D eigenvalue weighted by molar-refractivity contribution is 7.12. The molecule has 106 valence electrons. The standard InChI is InChI=1S/C15H13N3O2S/c19-15(18-12-7-16-17-8-12)14-6-13(10-21-14)20-9-11-4-2-1-3-5-11/h1-8,10H,9H2,(H,16,17)(H,18,19). The molecule has 6 heteroatoms. The topological polar surface area (TPSA) is 67.0 Å². The van der Waals surface area contributed by atoms with Gasteiger partial charge in [0.1, 0.15) is 12.4 Å². The molecule has 21 heavy (non-hydrogen) atoms. The van der Waals surface area contributed by atoms with Gasteiger partial charge in [-0.15, -0.1) is 11.3 Å². The number of ether oxygens (including phenoxy) is 1. The number of nitrogens with one attached hydrogen (secondary N) is 2. The Morgan fingerprint density at radius 1 is 1.33 bits per heavy atom. The van der Waals surface area contributed by atoms with E-state index in [0.29, 0.717) is 22.9 Å². The maximum atomic E-state index is 12.0. The molecule has 0 bridgehead atoms. The Bertz CT molecular complexity index is 708. The fourth-order valence-corrected chi connectivity index (χ4v) is 2.49. The summed E-state index contributed by atoms with van der Waals surface area (Å²) in [5, 5.41) is 11.0. The number of hydrogen-bond acceptors (Lipinski definition) is 4. The minimum Gasteiger partial charge on any atom is -0.488 e. The zero-order valence-corrected chi connectivity index (χ0v) is 11.9. The van der Waals surface area contributed by atoms with E-state index in [4.69, 9.17) is 4.74 Å². The number of aromatic nitrogens is 2. The van der Waals surface area contributed by atoms with E-state index in [0.717, 1.165) is 5.56 Å². The lowest BCUT2D eigenvalue weighted by atomic mass is 10.2. The quantitative estimate of drug-likeness (QED) is 0.759. The van der Waals surface area contributed by atoms with Gasteiger partial charge >= 0.3 is 0 Å². The first-order chi connectivity index (χ1) is 10.3. The van der Waals surface area contributed by atoms with Crippen molar-refractivity contribution >= 4 is 22.9 Å². The van der Waals surface area contributed by atoms with E-state index < -0.39 is 0 Å². The fraction of sp³-hybridized carbons (Fsp3) is 0.0667. The Morgan fingerprint density at radius 3 is 2.95 bits per heavy atom. The van der Waals surface area contributed by atoms with Crippen molar-refractivity contribution in [3.63, 3.8) is 0 Å². The minimum absolute atomic E-state index is 0.170. The number of carbonyl (C=O) groups excluding carboxylic acids is 1. The molecule has 0 saturated carbocycles. The summed E-state index contributed by atoms with van der Waals surface area (Å²) in [5.41, 5.74) is 1.73. The van der Waals surface area contributed by atoms with Crippen LogP contribution in [0.4, 0.5) is 5.69 Å². The SMILES string of the molecule is O=C(Nc1cn[nH]c1)c1cc(OCc2ccccc2)cs1. The lowest BCUT2D eigenvalue weighted by Crippen LogP contribution is -2.09. The van der Waals surface area contributed by atoms with Gasteiger partial charge in [-0.3, -0.25) is 9.89 Å². The van der Waals surface area contributed by atoms with Crippen LogP contribution < -0.4 is 10.1 Å². The first kappa shape index (κ1) is 13.4. The number of carbonyl (C=O) groups is 1. The molecule has 3 rings (SSSR count). The van der Waals surface area contributed by atoms with Crippen molar-refractivity contribution in [2.45, 2.75) is 6.61 Å². The van der Waals surface area contributed by atoms with Crippen LogP contribution in [0.3, 0.4) is 0 Å². The molecule has 0 saturated heterocycles. The van der Waals surface area contributed by atoms with Crippen LogP contribution in [0.1, 0.15) is 15.2 Å². The van der Waals surface area contributed by atoms with Gasteiger partial charge in [0.15, 0.2) is 0 Å². The number of H-pyrrole nitrogens is 1. The molecule has 2 aromatic heterocycles. The van der Waals surface area contributed by atoms with Crippen LogP contribution in [0.25, 0.3) is 0 Å². The van der Waals surface area contributed by atoms with Crippen molar-refractivity contribution in [3.8, 4) is 5.75 Å². The third-order valence-corrected chi connectivity index (χ3v) is 3.71. The second-order valence-electron chi connectivity index (χ2n) is 4.36. The number of aromatic amines is 1. The largest absolute Gasteiger partial charge is 0.488 e. The van der Waals surface area contributed by atoms with Gasteiger partial charge in [-0.25, -0.2) is 0 Å². The van der Waals surface area contributed by atoms with Gasteiger partial charge in [0.2, 0.25) is 0 Å². The van der Waals surface area contributed by atoms with Crippen LogP contribution in [0.15, 0.2) is 54.2 Å². The first-order valence-corrected chi connectivity index (χ1v) is 7.24. The summed E-state index contributed by atoms with van der Waals surface area (Å²) in [6.07, 6.45) is 3.18.